The van der Waals surface area contributed by atoms with Gasteiger partial charge in [-0.3, -0.25) is 4.79 Å². The lowest BCUT2D eigenvalue weighted by Gasteiger charge is -2.06. The average Bonchev–Trinajstić information content (AvgIpc) is 2.47. The van der Waals surface area contributed by atoms with Crippen LogP contribution in [0.25, 0.3) is 10.8 Å². The van der Waals surface area contributed by atoms with Gasteiger partial charge in [0.1, 0.15) is 0 Å². The number of hydrogen-bond donors (Lipinski definition) is 1. The number of fused-ring (bicyclic) bond motifs is 1. The molecule has 1 amide bonds. The maximum absolute atomic E-state index is 12.2. The Morgan fingerprint density at radius 3 is 2.47 bits per heavy atom. The van der Waals surface area contributed by atoms with Gasteiger partial charge in [0.05, 0.1) is 0 Å². The molecule has 0 radical (unpaired) electrons. The van der Waals surface area contributed by atoms with Crippen LogP contribution >= 0.6 is 0 Å². The molecule has 0 heterocycles. The zero-order chi connectivity index (χ0) is 13.7. The van der Waals surface area contributed by atoms with Crippen LogP contribution < -0.4 is 5.43 Å². The van der Waals surface area contributed by atoms with Gasteiger partial charge in [0.25, 0.3) is 5.91 Å². The summed E-state index contributed by atoms with van der Waals surface area (Å²) in [5.74, 6) is -0.156. The van der Waals surface area contributed by atoms with Crippen molar-refractivity contribution in [1.29, 1.82) is 0 Å². The minimum Gasteiger partial charge on any atom is -0.267 e. The van der Waals surface area contributed by atoms with Crippen molar-refractivity contribution >= 4 is 22.4 Å². The summed E-state index contributed by atoms with van der Waals surface area (Å²) < 4.78 is 0. The molecule has 0 aliphatic heterocycles. The van der Waals surface area contributed by atoms with E-state index in [2.05, 4.69) is 10.5 Å². The SMILES string of the molecule is CCC(CC)=NNC(=O)c1cccc2ccccc12. The number of carbonyl (C=O) groups is 1. The second-order valence-electron chi connectivity index (χ2n) is 4.35. The largest absolute Gasteiger partial charge is 0.271 e. The lowest BCUT2D eigenvalue weighted by Crippen LogP contribution is -2.19. The molecule has 2 aromatic rings. The second kappa shape index (κ2) is 6.14. The van der Waals surface area contributed by atoms with Crippen LogP contribution in [-0.4, -0.2) is 11.6 Å². The Balaban J connectivity index is 2.29. The molecular weight excluding hydrogens is 236 g/mol. The Morgan fingerprint density at radius 1 is 1.05 bits per heavy atom. The van der Waals surface area contributed by atoms with Crippen LogP contribution in [0.4, 0.5) is 0 Å². The Bertz CT molecular complexity index is 606. The highest BCUT2D eigenvalue weighted by Gasteiger charge is 2.08. The van der Waals surface area contributed by atoms with Crippen LogP contribution in [0.5, 0.6) is 0 Å². The molecule has 19 heavy (non-hydrogen) atoms. The molecule has 3 heteroatoms. The van der Waals surface area contributed by atoms with Crippen molar-refractivity contribution in [3.8, 4) is 0 Å². The molecule has 1 N–H and O–H groups in total. The molecule has 0 bridgehead atoms. The van der Waals surface area contributed by atoms with Gasteiger partial charge in [-0.1, -0.05) is 50.2 Å². The van der Waals surface area contributed by atoms with Crippen molar-refractivity contribution in [2.45, 2.75) is 26.7 Å². The summed E-state index contributed by atoms with van der Waals surface area (Å²) in [5.41, 5.74) is 4.30. The van der Waals surface area contributed by atoms with Gasteiger partial charge in [0, 0.05) is 11.3 Å². The third kappa shape index (κ3) is 2.99. The van der Waals surface area contributed by atoms with Crippen molar-refractivity contribution in [1.82, 2.24) is 5.43 Å². The predicted molar refractivity (Wildman–Crippen MR) is 79.4 cm³/mol. The molecule has 0 aliphatic rings. The van der Waals surface area contributed by atoms with Gasteiger partial charge in [-0.05, 0) is 29.7 Å². The highest BCUT2D eigenvalue weighted by atomic mass is 16.2. The van der Waals surface area contributed by atoms with Gasteiger partial charge >= 0.3 is 0 Å². The van der Waals surface area contributed by atoms with Crippen LogP contribution in [0.2, 0.25) is 0 Å². The quantitative estimate of drug-likeness (QED) is 0.655. The maximum atomic E-state index is 12.2. The maximum Gasteiger partial charge on any atom is 0.271 e. The highest BCUT2D eigenvalue weighted by molar-refractivity contribution is 6.07. The minimum atomic E-state index is -0.156. The Morgan fingerprint density at radius 2 is 1.74 bits per heavy atom. The fourth-order valence-electron chi connectivity index (χ4n) is 2.02. The van der Waals surface area contributed by atoms with Crippen LogP contribution in [-0.2, 0) is 0 Å². The van der Waals surface area contributed by atoms with E-state index in [4.69, 9.17) is 0 Å². The first kappa shape index (κ1) is 13.3. The fraction of sp³-hybridized carbons (Fsp3) is 0.250. The van der Waals surface area contributed by atoms with Gasteiger partial charge in [-0.2, -0.15) is 5.10 Å². The number of rotatable bonds is 4. The van der Waals surface area contributed by atoms with E-state index in [0.29, 0.717) is 5.56 Å². The summed E-state index contributed by atoms with van der Waals surface area (Å²) in [4.78, 5) is 12.2. The monoisotopic (exact) mass is 254 g/mol. The van der Waals surface area contributed by atoms with Crippen LogP contribution in [0.1, 0.15) is 37.0 Å². The number of benzene rings is 2. The smallest absolute Gasteiger partial charge is 0.267 e. The predicted octanol–water partition coefficient (Wildman–Crippen LogP) is 3.75. The summed E-state index contributed by atoms with van der Waals surface area (Å²) in [6.07, 6.45) is 1.71. The third-order valence-corrected chi connectivity index (χ3v) is 3.17. The first-order valence-electron chi connectivity index (χ1n) is 6.59. The molecule has 2 aromatic carbocycles. The first-order valence-corrected chi connectivity index (χ1v) is 6.59. The van der Waals surface area contributed by atoms with Gasteiger partial charge in [-0.25, -0.2) is 5.43 Å². The molecule has 0 atom stereocenters. The van der Waals surface area contributed by atoms with E-state index in [1.54, 1.807) is 0 Å². The molecule has 2 rings (SSSR count). The first-order chi connectivity index (χ1) is 9.26. The van der Waals surface area contributed by atoms with Gasteiger partial charge in [-0.15, -0.1) is 0 Å². The van der Waals surface area contributed by atoms with Crippen molar-refractivity contribution < 1.29 is 4.79 Å². The molecule has 0 saturated heterocycles. The number of hydrogen-bond acceptors (Lipinski definition) is 2. The van der Waals surface area contributed by atoms with Crippen molar-refractivity contribution in [3.63, 3.8) is 0 Å². The minimum absolute atomic E-state index is 0.156. The van der Waals surface area contributed by atoms with Crippen LogP contribution in [0.15, 0.2) is 47.6 Å². The normalized spacial score (nSPS) is 10.2. The lowest BCUT2D eigenvalue weighted by molar-refractivity contribution is 0.0956. The molecule has 0 spiro atoms. The second-order valence-corrected chi connectivity index (χ2v) is 4.35. The molecule has 98 valence electrons. The van der Waals surface area contributed by atoms with E-state index in [0.717, 1.165) is 29.3 Å². The molecule has 0 aliphatic carbocycles. The molecule has 0 unspecified atom stereocenters. The zero-order valence-electron chi connectivity index (χ0n) is 11.3. The summed E-state index contributed by atoms with van der Waals surface area (Å²) >= 11 is 0. The summed E-state index contributed by atoms with van der Waals surface area (Å²) in [7, 11) is 0. The van der Waals surface area contributed by atoms with Crippen molar-refractivity contribution in [2.75, 3.05) is 0 Å². The van der Waals surface area contributed by atoms with Crippen LogP contribution in [0, 0.1) is 0 Å². The molecule has 0 aromatic heterocycles. The van der Waals surface area contributed by atoms with E-state index < -0.39 is 0 Å². The molecular formula is C16H18N2O. The molecule has 3 nitrogen and oxygen atoms in total. The van der Waals surface area contributed by atoms with Crippen molar-refractivity contribution in [3.05, 3.63) is 48.0 Å². The zero-order valence-corrected chi connectivity index (χ0v) is 11.3. The molecule has 0 saturated carbocycles. The fourth-order valence-corrected chi connectivity index (χ4v) is 2.02. The van der Waals surface area contributed by atoms with E-state index in [1.165, 1.54) is 0 Å². The highest BCUT2D eigenvalue weighted by Crippen LogP contribution is 2.18. The van der Waals surface area contributed by atoms with Gasteiger partial charge in [0.15, 0.2) is 0 Å². The Labute approximate surface area is 113 Å². The lowest BCUT2D eigenvalue weighted by atomic mass is 10.0. The number of amides is 1. The standard InChI is InChI=1S/C16H18N2O/c1-3-13(4-2)17-18-16(19)15-11-7-9-12-8-5-6-10-14(12)15/h5-11H,3-4H2,1-2H3,(H,18,19). The average molecular weight is 254 g/mol. The van der Waals surface area contributed by atoms with Gasteiger partial charge < -0.3 is 0 Å². The number of nitrogens with zero attached hydrogens (tertiary/aromatic N) is 1. The summed E-state index contributed by atoms with van der Waals surface area (Å²) in [6.45, 7) is 4.07. The summed E-state index contributed by atoms with van der Waals surface area (Å²) in [5, 5.41) is 6.17. The topological polar surface area (TPSA) is 41.5 Å². The number of carbonyl (C=O) groups excluding carboxylic acids is 1. The van der Waals surface area contributed by atoms with Crippen LogP contribution in [0.3, 0.4) is 0 Å². The summed E-state index contributed by atoms with van der Waals surface area (Å²) in [6, 6.07) is 13.6. The molecule has 0 fully saturated rings. The number of hydrazone groups is 1. The number of nitrogens with one attached hydrogen (secondary N) is 1. The van der Waals surface area contributed by atoms with E-state index in [9.17, 15) is 4.79 Å². The van der Waals surface area contributed by atoms with E-state index in [1.807, 2.05) is 56.3 Å². The third-order valence-electron chi connectivity index (χ3n) is 3.17. The van der Waals surface area contributed by atoms with E-state index in [-0.39, 0.29) is 5.91 Å². The van der Waals surface area contributed by atoms with Crippen molar-refractivity contribution in [2.24, 2.45) is 5.10 Å². The van der Waals surface area contributed by atoms with Gasteiger partial charge in [0.2, 0.25) is 0 Å². The van der Waals surface area contributed by atoms with E-state index >= 15 is 0 Å². The Hall–Kier alpha value is -2.16. The Kier molecular flexibility index (Phi) is 4.29.